The molecule has 2 amide bonds. The van der Waals surface area contributed by atoms with Crippen LogP contribution in [0.4, 0.5) is 18.9 Å². The second kappa shape index (κ2) is 13.5. The lowest BCUT2D eigenvalue weighted by Gasteiger charge is -2.29. The summed E-state index contributed by atoms with van der Waals surface area (Å²) >= 11 is 0. The van der Waals surface area contributed by atoms with Gasteiger partial charge in [-0.05, 0) is 55.7 Å². The Bertz CT molecular complexity index is 1190. The maximum absolute atomic E-state index is 13.2. The minimum absolute atomic E-state index is 0.0323. The van der Waals surface area contributed by atoms with Gasteiger partial charge in [0.25, 0.3) is 0 Å². The van der Waals surface area contributed by atoms with Crippen LogP contribution in [0, 0.1) is 0 Å². The number of hydrogen-bond acceptors (Lipinski definition) is 5. The van der Waals surface area contributed by atoms with Crippen LogP contribution in [0.1, 0.15) is 44.2 Å². The van der Waals surface area contributed by atoms with E-state index in [0.717, 1.165) is 40.7 Å². The number of anilines is 1. The lowest BCUT2D eigenvalue weighted by atomic mass is 10.1. The third-order valence-corrected chi connectivity index (χ3v) is 7.04. The lowest BCUT2D eigenvalue weighted by molar-refractivity contribution is -0.140. The Hall–Kier alpha value is -3.28. The van der Waals surface area contributed by atoms with Gasteiger partial charge in [0.2, 0.25) is 21.8 Å². The number of alkyl halides is 3. The molecular weight excluding hydrogens is 523 g/mol. The lowest BCUT2D eigenvalue weighted by Crippen LogP contribution is -2.47. The van der Waals surface area contributed by atoms with Crippen LogP contribution >= 0.6 is 0 Å². The van der Waals surface area contributed by atoms with Gasteiger partial charge in [0.1, 0.15) is 11.8 Å². The maximum atomic E-state index is 13.2. The van der Waals surface area contributed by atoms with Crippen LogP contribution in [-0.4, -0.2) is 57.6 Å². The Kier molecular flexibility index (Phi) is 11.0. The molecule has 0 spiro atoms. The highest BCUT2D eigenvalue weighted by molar-refractivity contribution is 7.92. The smallest absolute Gasteiger partial charge is 0.416 e. The highest BCUT2D eigenvalue weighted by Gasteiger charge is 2.32. The molecule has 12 heteroatoms. The Morgan fingerprint density at radius 2 is 1.76 bits per heavy atom. The zero-order valence-electron chi connectivity index (χ0n) is 21.9. The first-order valence-corrected chi connectivity index (χ1v) is 14.0. The third kappa shape index (κ3) is 8.93. The second-order valence-corrected chi connectivity index (χ2v) is 10.7. The van der Waals surface area contributed by atoms with Crippen molar-refractivity contribution in [2.75, 3.05) is 30.8 Å². The quantitative estimate of drug-likeness (QED) is 0.398. The number of hydrogen-bond donors (Lipinski definition) is 1. The molecule has 0 aliphatic carbocycles. The van der Waals surface area contributed by atoms with Gasteiger partial charge in [0.05, 0.1) is 24.6 Å². The van der Waals surface area contributed by atoms with Crippen molar-refractivity contribution in [2.45, 2.75) is 51.9 Å². The molecule has 210 valence electrons. The Morgan fingerprint density at radius 3 is 2.32 bits per heavy atom. The average Bonchev–Trinajstić information content (AvgIpc) is 2.87. The summed E-state index contributed by atoms with van der Waals surface area (Å²) in [4.78, 5) is 27.3. The van der Waals surface area contributed by atoms with Crippen molar-refractivity contribution in [3.05, 3.63) is 59.7 Å². The van der Waals surface area contributed by atoms with Gasteiger partial charge in [-0.2, -0.15) is 13.2 Å². The van der Waals surface area contributed by atoms with Crippen LogP contribution in [0.2, 0.25) is 0 Å². The van der Waals surface area contributed by atoms with Crippen molar-refractivity contribution in [1.82, 2.24) is 10.2 Å². The number of nitrogens with one attached hydrogen (secondary N) is 1. The first-order chi connectivity index (χ1) is 17.8. The Balaban J connectivity index is 2.20. The van der Waals surface area contributed by atoms with Crippen molar-refractivity contribution >= 4 is 27.5 Å². The molecule has 0 radical (unpaired) electrons. The van der Waals surface area contributed by atoms with Gasteiger partial charge in [-0.15, -0.1) is 0 Å². The number of halogens is 3. The van der Waals surface area contributed by atoms with Gasteiger partial charge in [-0.25, -0.2) is 8.42 Å². The van der Waals surface area contributed by atoms with Crippen molar-refractivity contribution in [3.8, 4) is 5.75 Å². The summed E-state index contributed by atoms with van der Waals surface area (Å²) in [5.41, 5.74) is -0.356. The summed E-state index contributed by atoms with van der Waals surface area (Å²) in [5.74, 6) is -0.0799. The monoisotopic (exact) mass is 557 g/mol. The van der Waals surface area contributed by atoms with Gasteiger partial charge in [-0.1, -0.05) is 25.1 Å². The molecule has 0 heterocycles. The predicted octanol–water partition coefficient (Wildman–Crippen LogP) is 4.20. The van der Waals surface area contributed by atoms with E-state index in [0.29, 0.717) is 12.3 Å². The van der Waals surface area contributed by atoms with Crippen LogP contribution < -0.4 is 14.4 Å². The van der Waals surface area contributed by atoms with E-state index in [-0.39, 0.29) is 37.5 Å². The topological polar surface area (TPSA) is 96.0 Å². The maximum Gasteiger partial charge on any atom is 0.416 e. The Morgan fingerprint density at radius 1 is 1.11 bits per heavy atom. The van der Waals surface area contributed by atoms with Crippen LogP contribution in [0.3, 0.4) is 0 Å². The minimum Gasteiger partial charge on any atom is -0.497 e. The molecule has 0 aliphatic heterocycles. The fourth-order valence-electron chi connectivity index (χ4n) is 3.75. The molecule has 1 atom stereocenters. The van der Waals surface area contributed by atoms with Crippen LogP contribution in [0.5, 0.6) is 5.75 Å². The third-order valence-electron chi connectivity index (χ3n) is 5.84. The summed E-state index contributed by atoms with van der Waals surface area (Å²) < 4.78 is 70.2. The molecule has 1 N–H and O–H groups in total. The molecule has 2 aromatic carbocycles. The highest BCUT2D eigenvalue weighted by Crippen LogP contribution is 2.32. The number of nitrogens with zero attached hydrogens (tertiary/aromatic N) is 2. The van der Waals surface area contributed by atoms with E-state index in [4.69, 9.17) is 4.74 Å². The molecule has 0 unspecified atom stereocenters. The summed E-state index contributed by atoms with van der Waals surface area (Å²) in [6.45, 7) is 3.89. The standard InChI is InChI=1S/C26H34F3N3O5S/c1-5-15-30-25(34)19(2)31(18-20-11-13-23(37-3)14-12-20)24(33)10-7-16-32(38(4,35)36)22-9-6-8-21(17-22)26(27,28)29/h6,8-9,11-14,17,19H,5,7,10,15-16,18H2,1-4H3,(H,30,34)/t19-/m0/s1. The number of amides is 2. The van der Waals surface area contributed by atoms with E-state index in [1.54, 1.807) is 31.2 Å². The minimum atomic E-state index is -4.63. The summed E-state index contributed by atoms with van der Waals surface area (Å²) in [6.07, 6.45) is -3.10. The van der Waals surface area contributed by atoms with Crippen molar-refractivity contribution in [2.24, 2.45) is 0 Å². The van der Waals surface area contributed by atoms with Crippen molar-refractivity contribution in [1.29, 1.82) is 0 Å². The molecule has 2 rings (SSSR count). The zero-order chi connectivity index (χ0) is 28.5. The van der Waals surface area contributed by atoms with Crippen molar-refractivity contribution in [3.63, 3.8) is 0 Å². The molecule has 0 saturated heterocycles. The molecule has 0 saturated carbocycles. The molecule has 0 aliphatic rings. The van der Waals surface area contributed by atoms with Gasteiger partial charge >= 0.3 is 6.18 Å². The first kappa shape index (κ1) is 30.9. The summed E-state index contributed by atoms with van der Waals surface area (Å²) in [7, 11) is -2.40. The van der Waals surface area contributed by atoms with E-state index in [2.05, 4.69) is 5.32 Å². The van der Waals surface area contributed by atoms with Gasteiger partial charge in [0.15, 0.2) is 0 Å². The molecule has 0 fully saturated rings. The molecule has 2 aromatic rings. The number of methoxy groups -OCH3 is 1. The normalized spacial score (nSPS) is 12.5. The fourth-order valence-corrected chi connectivity index (χ4v) is 4.70. The number of ether oxygens (including phenoxy) is 1. The van der Waals surface area contributed by atoms with E-state index in [1.807, 2.05) is 6.92 Å². The number of carbonyl (C=O) groups is 2. The van der Waals surface area contributed by atoms with E-state index >= 15 is 0 Å². The first-order valence-electron chi connectivity index (χ1n) is 12.1. The van der Waals surface area contributed by atoms with Gasteiger partial charge in [-0.3, -0.25) is 13.9 Å². The molecule has 8 nitrogen and oxygen atoms in total. The number of carbonyl (C=O) groups excluding carboxylic acids is 2. The van der Waals surface area contributed by atoms with E-state index < -0.39 is 33.7 Å². The molecule has 0 bridgehead atoms. The number of rotatable bonds is 13. The summed E-state index contributed by atoms with van der Waals surface area (Å²) in [5, 5.41) is 2.77. The SMILES string of the molecule is CCCNC(=O)[C@H](C)N(Cc1ccc(OC)cc1)C(=O)CCCN(c1cccc(C(F)(F)F)c1)S(C)(=O)=O. The second-order valence-electron chi connectivity index (χ2n) is 8.82. The van der Waals surface area contributed by atoms with Crippen LogP contribution in [-0.2, 0) is 32.3 Å². The molecular formula is C26H34F3N3O5S. The Labute approximate surface area is 221 Å². The fraction of sp³-hybridized carbons (Fsp3) is 0.462. The van der Waals surface area contributed by atoms with E-state index in [1.165, 1.54) is 18.1 Å². The molecule has 38 heavy (non-hydrogen) atoms. The predicted molar refractivity (Wildman–Crippen MR) is 139 cm³/mol. The largest absolute Gasteiger partial charge is 0.497 e. The number of sulfonamides is 1. The number of benzene rings is 2. The van der Waals surface area contributed by atoms with E-state index in [9.17, 15) is 31.2 Å². The van der Waals surface area contributed by atoms with Crippen LogP contribution in [0.25, 0.3) is 0 Å². The molecule has 0 aromatic heterocycles. The van der Waals surface area contributed by atoms with Crippen molar-refractivity contribution < 1.29 is 35.9 Å². The summed E-state index contributed by atoms with van der Waals surface area (Å²) in [6, 6.07) is 10.2. The zero-order valence-corrected chi connectivity index (χ0v) is 22.7. The highest BCUT2D eigenvalue weighted by atomic mass is 32.2. The van der Waals surface area contributed by atoms with Crippen LogP contribution in [0.15, 0.2) is 48.5 Å². The van der Waals surface area contributed by atoms with Gasteiger partial charge < -0.3 is 15.0 Å². The van der Waals surface area contributed by atoms with Gasteiger partial charge in [0, 0.05) is 26.1 Å². The average molecular weight is 558 g/mol.